The molecule has 0 aliphatic carbocycles. The maximum Gasteiger partial charge on any atom is 0.469 e. The van der Waals surface area contributed by atoms with Crippen molar-refractivity contribution >= 4 is 20.5 Å². The van der Waals surface area contributed by atoms with E-state index in [1.807, 2.05) is 0 Å². The van der Waals surface area contributed by atoms with Gasteiger partial charge in [-0.25, -0.2) is 4.57 Å². The van der Waals surface area contributed by atoms with Crippen molar-refractivity contribution in [2.45, 2.75) is 29.9 Å². The van der Waals surface area contributed by atoms with Crippen molar-refractivity contribution in [2.75, 3.05) is 6.61 Å². The molecule has 0 aromatic heterocycles. The van der Waals surface area contributed by atoms with Gasteiger partial charge in [0.2, 0.25) is 0 Å². The van der Waals surface area contributed by atoms with E-state index in [-0.39, 0.29) is 0 Å². The minimum atomic E-state index is -4.67. The number of thiol groups is 1. The SMILES string of the molecule is O=P(O)(O)OC[C@@H]1O[C@@H](S)[C@H](O)[C@@H](O)[C@@H]1O. The Labute approximate surface area is 96.5 Å². The third kappa shape index (κ3) is 3.66. The van der Waals surface area contributed by atoms with Gasteiger partial charge >= 0.3 is 7.82 Å². The first-order valence-corrected chi connectivity index (χ1v) is 6.35. The summed E-state index contributed by atoms with van der Waals surface area (Å²) < 4.78 is 19.5. The summed E-state index contributed by atoms with van der Waals surface area (Å²) in [7, 11) is -4.67. The van der Waals surface area contributed by atoms with E-state index in [1.165, 1.54) is 0 Å². The molecule has 0 saturated carbocycles. The van der Waals surface area contributed by atoms with Crippen molar-refractivity contribution in [1.82, 2.24) is 0 Å². The average Bonchev–Trinajstić information content (AvgIpc) is 2.17. The van der Waals surface area contributed by atoms with Crippen LogP contribution in [0.2, 0.25) is 0 Å². The number of hydrogen-bond acceptors (Lipinski definition) is 7. The maximum absolute atomic E-state index is 10.4. The highest BCUT2D eigenvalue weighted by Crippen LogP contribution is 2.37. The Bertz CT molecular complexity index is 282. The average molecular weight is 276 g/mol. The van der Waals surface area contributed by atoms with Gasteiger partial charge in [-0.05, 0) is 0 Å². The zero-order valence-electron chi connectivity index (χ0n) is 7.95. The predicted octanol–water partition coefficient (Wildman–Crippen LogP) is -2.17. The van der Waals surface area contributed by atoms with Gasteiger partial charge < -0.3 is 29.8 Å². The second-order valence-corrected chi connectivity index (χ2v) is 5.07. The molecule has 0 bridgehead atoms. The fourth-order valence-electron chi connectivity index (χ4n) is 1.24. The molecule has 0 spiro atoms. The number of aliphatic hydroxyl groups is 3. The van der Waals surface area contributed by atoms with Gasteiger partial charge in [-0.3, -0.25) is 4.52 Å². The molecule has 5 N–H and O–H groups in total. The number of phosphoric acid groups is 1. The Balaban J connectivity index is 2.57. The minimum Gasteiger partial charge on any atom is -0.387 e. The van der Waals surface area contributed by atoms with Gasteiger partial charge in [0.05, 0.1) is 6.61 Å². The van der Waals surface area contributed by atoms with Crippen LogP contribution in [0.3, 0.4) is 0 Å². The van der Waals surface area contributed by atoms with Crippen LogP contribution in [-0.4, -0.2) is 61.6 Å². The first kappa shape index (κ1) is 14.4. The molecule has 1 fully saturated rings. The van der Waals surface area contributed by atoms with Crippen LogP contribution in [-0.2, 0) is 13.8 Å². The lowest BCUT2D eigenvalue weighted by molar-refractivity contribution is -0.204. The monoisotopic (exact) mass is 276 g/mol. The minimum absolute atomic E-state index is 0.619. The Morgan fingerprint density at radius 1 is 1.19 bits per heavy atom. The van der Waals surface area contributed by atoms with E-state index in [0.29, 0.717) is 0 Å². The summed E-state index contributed by atoms with van der Waals surface area (Å²) in [5.41, 5.74) is -1.07. The van der Waals surface area contributed by atoms with E-state index in [4.69, 9.17) is 14.5 Å². The van der Waals surface area contributed by atoms with Crippen molar-refractivity contribution in [3.8, 4) is 0 Å². The van der Waals surface area contributed by atoms with Gasteiger partial charge in [0.25, 0.3) is 0 Å². The maximum atomic E-state index is 10.4. The normalized spacial score (nSPS) is 41.0. The van der Waals surface area contributed by atoms with Crippen molar-refractivity contribution in [3.63, 3.8) is 0 Å². The summed E-state index contributed by atoms with van der Waals surface area (Å²) in [6.07, 6.45) is -5.58. The fraction of sp³-hybridized carbons (Fsp3) is 1.00. The Kier molecular flexibility index (Phi) is 4.76. The molecule has 96 valence electrons. The molecule has 1 saturated heterocycles. The molecule has 1 aliphatic heterocycles. The number of ether oxygens (including phenoxy) is 1. The lowest BCUT2D eigenvalue weighted by Crippen LogP contribution is -2.57. The van der Waals surface area contributed by atoms with Gasteiger partial charge in [0.1, 0.15) is 29.9 Å². The Morgan fingerprint density at radius 2 is 1.75 bits per heavy atom. The van der Waals surface area contributed by atoms with E-state index in [2.05, 4.69) is 17.2 Å². The van der Waals surface area contributed by atoms with E-state index in [1.54, 1.807) is 0 Å². The molecular weight excluding hydrogens is 263 g/mol. The quantitative estimate of drug-likeness (QED) is 0.253. The third-order valence-electron chi connectivity index (χ3n) is 2.09. The summed E-state index contributed by atoms with van der Waals surface area (Å²) in [6.45, 7) is -0.619. The molecule has 0 unspecified atom stereocenters. The molecule has 16 heavy (non-hydrogen) atoms. The van der Waals surface area contributed by atoms with Crippen LogP contribution >= 0.6 is 20.5 Å². The molecule has 10 heteroatoms. The van der Waals surface area contributed by atoms with Crippen LogP contribution in [0, 0.1) is 0 Å². The van der Waals surface area contributed by atoms with E-state index in [9.17, 15) is 19.9 Å². The van der Waals surface area contributed by atoms with Crippen molar-refractivity contribution in [2.24, 2.45) is 0 Å². The van der Waals surface area contributed by atoms with Crippen LogP contribution in [0.4, 0.5) is 0 Å². The van der Waals surface area contributed by atoms with Crippen molar-refractivity contribution < 1.29 is 38.9 Å². The van der Waals surface area contributed by atoms with E-state index in [0.717, 1.165) is 0 Å². The lowest BCUT2D eigenvalue weighted by Gasteiger charge is -2.38. The van der Waals surface area contributed by atoms with Gasteiger partial charge in [0, 0.05) is 0 Å². The Morgan fingerprint density at radius 3 is 2.25 bits per heavy atom. The molecule has 0 aromatic carbocycles. The van der Waals surface area contributed by atoms with Gasteiger partial charge in [0.15, 0.2) is 0 Å². The molecule has 0 radical (unpaired) electrons. The highest BCUT2D eigenvalue weighted by atomic mass is 32.1. The van der Waals surface area contributed by atoms with E-state index >= 15 is 0 Å². The van der Waals surface area contributed by atoms with Gasteiger partial charge in [-0.15, -0.1) is 12.6 Å². The summed E-state index contributed by atoms with van der Waals surface area (Å²) in [6, 6.07) is 0. The Hall–Kier alpha value is 0.300. The number of rotatable bonds is 3. The fourth-order valence-corrected chi connectivity index (χ4v) is 1.91. The zero-order chi connectivity index (χ0) is 12.5. The summed E-state index contributed by atoms with van der Waals surface area (Å²) >= 11 is 3.79. The highest BCUT2D eigenvalue weighted by molar-refractivity contribution is 7.80. The predicted molar refractivity (Wildman–Crippen MR) is 53.7 cm³/mol. The molecule has 1 aliphatic rings. The van der Waals surface area contributed by atoms with Gasteiger partial charge in [-0.1, -0.05) is 0 Å². The molecule has 0 aromatic rings. The second kappa shape index (κ2) is 5.30. The van der Waals surface area contributed by atoms with Crippen molar-refractivity contribution in [3.05, 3.63) is 0 Å². The first-order chi connectivity index (χ1) is 7.22. The standard InChI is InChI=1S/C6H13O8PS/c7-3-2(1-13-15(10,11)12)14-6(16)5(9)4(3)8/h2-9,16H,1H2,(H2,10,11,12)/t2-,3+,4-,5+,6-/m0/s1. The smallest absolute Gasteiger partial charge is 0.387 e. The van der Waals surface area contributed by atoms with Crippen LogP contribution in [0.5, 0.6) is 0 Å². The molecule has 1 heterocycles. The number of hydrogen-bond donors (Lipinski definition) is 6. The summed E-state index contributed by atoms with van der Waals surface area (Å²) in [5.74, 6) is 0. The molecule has 5 atom stereocenters. The summed E-state index contributed by atoms with van der Waals surface area (Å²) in [4.78, 5) is 16.9. The first-order valence-electron chi connectivity index (χ1n) is 4.30. The summed E-state index contributed by atoms with van der Waals surface area (Å²) in [5, 5.41) is 28.0. The van der Waals surface area contributed by atoms with E-state index < -0.39 is 44.3 Å². The molecule has 1 rings (SSSR count). The van der Waals surface area contributed by atoms with Crippen LogP contribution < -0.4 is 0 Å². The van der Waals surface area contributed by atoms with Gasteiger partial charge in [-0.2, -0.15) is 0 Å². The molecule has 8 nitrogen and oxygen atoms in total. The largest absolute Gasteiger partial charge is 0.469 e. The second-order valence-electron chi connectivity index (χ2n) is 3.32. The van der Waals surface area contributed by atoms with Crippen LogP contribution in [0.25, 0.3) is 0 Å². The third-order valence-corrected chi connectivity index (χ3v) is 3.01. The molecular formula is C6H13O8PS. The molecule has 0 amide bonds. The lowest BCUT2D eigenvalue weighted by atomic mass is 10.0. The number of aliphatic hydroxyl groups excluding tert-OH is 3. The van der Waals surface area contributed by atoms with Crippen LogP contribution in [0.1, 0.15) is 0 Å². The number of phosphoric ester groups is 1. The highest BCUT2D eigenvalue weighted by Gasteiger charge is 2.42. The van der Waals surface area contributed by atoms with Crippen LogP contribution in [0.15, 0.2) is 0 Å². The zero-order valence-corrected chi connectivity index (χ0v) is 9.74. The topological polar surface area (TPSA) is 137 Å². The van der Waals surface area contributed by atoms with Crippen molar-refractivity contribution in [1.29, 1.82) is 0 Å².